The summed E-state index contributed by atoms with van der Waals surface area (Å²) in [7, 11) is 0. The summed E-state index contributed by atoms with van der Waals surface area (Å²) in [5, 5.41) is 2.58. The fourth-order valence-electron chi connectivity index (χ4n) is 2.60. The number of alkyl carbamates (subject to hydrolysis) is 1. The summed E-state index contributed by atoms with van der Waals surface area (Å²) in [6.07, 6.45) is -0.880. The van der Waals surface area contributed by atoms with Crippen molar-refractivity contribution in [3.63, 3.8) is 0 Å². The standard InChI is InChI=1S/C23H27NO5/c1-23(2,3)29-22(27)24-19(14-17-10-6-4-7-11-17)20(25)15-21(26)28-16-18-12-8-5-9-13-18/h4-13,19H,14-16H2,1-3H3,(H,24,27)/t19-/m0/s1. The number of hydrogen-bond acceptors (Lipinski definition) is 5. The largest absolute Gasteiger partial charge is 0.460 e. The monoisotopic (exact) mass is 397 g/mol. The van der Waals surface area contributed by atoms with Gasteiger partial charge >= 0.3 is 12.1 Å². The minimum absolute atomic E-state index is 0.0931. The molecule has 6 heteroatoms. The maximum Gasteiger partial charge on any atom is 0.408 e. The van der Waals surface area contributed by atoms with Crippen molar-refractivity contribution in [1.82, 2.24) is 5.32 Å². The maximum atomic E-state index is 12.7. The van der Waals surface area contributed by atoms with E-state index in [2.05, 4.69) is 5.32 Å². The zero-order chi connectivity index (χ0) is 21.3. The van der Waals surface area contributed by atoms with E-state index in [1.165, 1.54) is 0 Å². The fourth-order valence-corrected chi connectivity index (χ4v) is 2.60. The van der Waals surface area contributed by atoms with Crippen LogP contribution in [0.5, 0.6) is 0 Å². The van der Waals surface area contributed by atoms with Gasteiger partial charge in [0.05, 0.1) is 6.04 Å². The van der Waals surface area contributed by atoms with Gasteiger partial charge in [-0.3, -0.25) is 9.59 Å². The molecule has 6 nitrogen and oxygen atoms in total. The van der Waals surface area contributed by atoms with Gasteiger partial charge in [0.2, 0.25) is 0 Å². The summed E-state index contributed by atoms with van der Waals surface area (Å²) < 4.78 is 10.4. The van der Waals surface area contributed by atoms with Crippen LogP contribution in [0.4, 0.5) is 4.79 Å². The Morgan fingerprint density at radius 2 is 1.45 bits per heavy atom. The topological polar surface area (TPSA) is 81.7 Å². The SMILES string of the molecule is CC(C)(C)OC(=O)N[C@@H](Cc1ccccc1)C(=O)CC(=O)OCc1ccccc1. The molecule has 0 saturated carbocycles. The number of Topliss-reactive ketones (excluding diaryl/α,β-unsaturated/α-hetero) is 1. The van der Waals surface area contributed by atoms with E-state index in [1.807, 2.05) is 60.7 Å². The molecule has 0 aromatic heterocycles. The number of carbonyl (C=O) groups excluding carboxylic acids is 3. The van der Waals surface area contributed by atoms with E-state index in [4.69, 9.17) is 9.47 Å². The molecule has 2 aromatic rings. The zero-order valence-electron chi connectivity index (χ0n) is 17.0. The Bertz CT molecular complexity index is 812. The van der Waals surface area contributed by atoms with Crippen LogP contribution >= 0.6 is 0 Å². The van der Waals surface area contributed by atoms with Gasteiger partial charge in [0.25, 0.3) is 0 Å². The third-order valence-electron chi connectivity index (χ3n) is 3.92. The average molecular weight is 397 g/mol. The van der Waals surface area contributed by atoms with Crippen LogP contribution in [0.2, 0.25) is 0 Å². The molecular weight excluding hydrogens is 370 g/mol. The van der Waals surface area contributed by atoms with Gasteiger partial charge in [-0.1, -0.05) is 60.7 Å². The number of nitrogens with one attached hydrogen (secondary N) is 1. The highest BCUT2D eigenvalue weighted by Gasteiger charge is 2.26. The Morgan fingerprint density at radius 3 is 2.00 bits per heavy atom. The van der Waals surface area contributed by atoms with Crippen molar-refractivity contribution in [3.05, 3.63) is 71.8 Å². The summed E-state index contributed by atoms with van der Waals surface area (Å²) in [5.74, 6) is -1.07. The molecule has 29 heavy (non-hydrogen) atoms. The van der Waals surface area contributed by atoms with Crippen LogP contribution in [-0.2, 0) is 32.1 Å². The van der Waals surface area contributed by atoms with Gasteiger partial charge in [-0.05, 0) is 38.3 Å². The lowest BCUT2D eigenvalue weighted by Gasteiger charge is -2.23. The van der Waals surface area contributed by atoms with Crippen molar-refractivity contribution in [2.24, 2.45) is 0 Å². The van der Waals surface area contributed by atoms with E-state index in [0.717, 1.165) is 11.1 Å². The van der Waals surface area contributed by atoms with Gasteiger partial charge in [-0.15, -0.1) is 0 Å². The highest BCUT2D eigenvalue weighted by atomic mass is 16.6. The van der Waals surface area contributed by atoms with Crippen molar-refractivity contribution in [2.75, 3.05) is 0 Å². The summed E-state index contributed by atoms with van der Waals surface area (Å²) in [6, 6.07) is 17.6. The first-order chi connectivity index (χ1) is 13.7. The van der Waals surface area contributed by atoms with Gasteiger partial charge in [0.1, 0.15) is 18.6 Å². The van der Waals surface area contributed by atoms with Crippen LogP contribution in [-0.4, -0.2) is 29.5 Å². The lowest BCUT2D eigenvalue weighted by Crippen LogP contribution is -2.45. The molecule has 0 aliphatic carbocycles. The van der Waals surface area contributed by atoms with Crippen molar-refractivity contribution in [1.29, 1.82) is 0 Å². The van der Waals surface area contributed by atoms with Crippen LogP contribution in [0, 0.1) is 0 Å². The molecule has 2 rings (SSSR count). The third-order valence-corrected chi connectivity index (χ3v) is 3.92. The van der Waals surface area contributed by atoms with Crippen molar-refractivity contribution < 1.29 is 23.9 Å². The second-order valence-corrected chi connectivity index (χ2v) is 7.68. The molecule has 0 saturated heterocycles. The van der Waals surface area contributed by atoms with E-state index in [0.29, 0.717) is 0 Å². The van der Waals surface area contributed by atoms with Gasteiger partial charge in [0.15, 0.2) is 5.78 Å². The van der Waals surface area contributed by atoms with Crippen molar-refractivity contribution in [3.8, 4) is 0 Å². The first-order valence-corrected chi connectivity index (χ1v) is 9.48. The van der Waals surface area contributed by atoms with E-state index in [9.17, 15) is 14.4 Å². The molecule has 0 aliphatic heterocycles. The maximum absolute atomic E-state index is 12.7. The molecule has 0 fully saturated rings. The summed E-state index contributed by atoms with van der Waals surface area (Å²) in [5.41, 5.74) is 1.000. The Balaban J connectivity index is 1.98. The number of ether oxygens (including phenoxy) is 2. The normalized spacial score (nSPS) is 12.0. The van der Waals surface area contributed by atoms with E-state index >= 15 is 0 Å². The Hall–Kier alpha value is -3.15. The molecule has 0 heterocycles. The number of amides is 1. The van der Waals surface area contributed by atoms with Gasteiger partial charge < -0.3 is 14.8 Å². The van der Waals surface area contributed by atoms with Crippen LogP contribution < -0.4 is 5.32 Å². The molecule has 0 unspecified atom stereocenters. The van der Waals surface area contributed by atoms with Crippen LogP contribution in [0.15, 0.2) is 60.7 Å². The number of carbonyl (C=O) groups is 3. The van der Waals surface area contributed by atoms with Crippen molar-refractivity contribution >= 4 is 17.8 Å². The van der Waals surface area contributed by atoms with Gasteiger partial charge in [-0.2, -0.15) is 0 Å². The smallest absolute Gasteiger partial charge is 0.408 e. The number of esters is 1. The number of hydrogen-bond donors (Lipinski definition) is 1. The minimum Gasteiger partial charge on any atom is -0.460 e. The van der Waals surface area contributed by atoms with E-state index in [-0.39, 0.29) is 13.0 Å². The molecule has 1 atom stereocenters. The molecule has 0 bridgehead atoms. The highest BCUT2D eigenvalue weighted by Crippen LogP contribution is 2.10. The molecule has 1 N–H and O–H groups in total. The van der Waals surface area contributed by atoms with E-state index < -0.39 is 35.9 Å². The predicted molar refractivity (Wildman–Crippen MR) is 109 cm³/mol. The number of rotatable bonds is 8. The van der Waals surface area contributed by atoms with E-state index in [1.54, 1.807) is 20.8 Å². The molecule has 0 aliphatic rings. The van der Waals surface area contributed by atoms with Crippen LogP contribution in [0.25, 0.3) is 0 Å². The molecule has 2 aromatic carbocycles. The first kappa shape index (κ1) is 22.1. The highest BCUT2D eigenvalue weighted by molar-refractivity contribution is 5.99. The molecule has 0 spiro atoms. The number of ketones is 1. The average Bonchev–Trinajstić information content (AvgIpc) is 2.66. The predicted octanol–water partition coefficient (Wildman–Crippen LogP) is 3.83. The molecular formula is C23H27NO5. The van der Waals surface area contributed by atoms with Crippen LogP contribution in [0.1, 0.15) is 38.3 Å². The number of benzene rings is 2. The van der Waals surface area contributed by atoms with Gasteiger partial charge in [0, 0.05) is 0 Å². The summed E-state index contributed by atoms with van der Waals surface area (Å²) in [6.45, 7) is 5.31. The van der Waals surface area contributed by atoms with Crippen LogP contribution in [0.3, 0.4) is 0 Å². The minimum atomic E-state index is -0.892. The quantitative estimate of drug-likeness (QED) is 0.541. The summed E-state index contributed by atoms with van der Waals surface area (Å²) in [4.78, 5) is 37.0. The summed E-state index contributed by atoms with van der Waals surface area (Å²) >= 11 is 0. The molecule has 154 valence electrons. The molecule has 0 radical (unpaired) electrons. The van der Waals surface area contributed by atoms with Crippen molar-refractivity contribution in [2.45, 2.75) is 51.9 Å². The Kier molecular flexibility index (Phi) is 7.95. The Labute approximate surface area is 171 Å². The lowest BCUT2D eigenvalue weighted by molar-refractivity contribution is -0.147. The second kappa shape index (κ2) is 10.4. The van der Waals surface area contributed by atoms with Gasteiger partial charge in [-0.25, -0.2) is 4.79 Å². The third kappa shape index (κ3) is 8.60. The lowest BCUT2D eigenvalue weighted by atomic mass is 10.0. The first-order valence-electron chi connectivity index (χ1n) is 9.48. The Morgan fingerprint density at radius 1 is 0.897 bits per heavy atom. The molecule has 1 amide bonds. The zero-order valence-corrected chi connectivity index (χ0v) is 17.0. The second-order valence-electron chi connectivity index (χ2n) is 7.68. The fraction of sp³-hybridized carbons (Fsp3) is 0.348.